The SMILES string of the molecule is CCCc1cc(-c2ccc3c4ccccc4c4ccccc4c3c2)ccc1-c1cccc(C2=NC(c3c(O)c(O)c(O)c(O)c3O)SC(c3ccccc3)=N2)c1C. The quantitative estimate of drug-likeness (QED) is 0.0625. The predicted molar refractivity (Wildman–Crippen MR) is 233 cm³/mol. The lowest BCUT2D eigenvalue weighted by atomic mass is 9.88. The number of amidine groups is 1. The van der Waals surface area contributed by atoms with Crippen LogP contribution >= 0.6 is 11.8 Å². The van der Waals surface area contributed by atoms with Crippen molar-refractivity contribution in [3.05, 3.63) is 161 Å². The Morgan fingerprint density at radius 1 is 0.509 bits per heavy atom. The Hall–Kier alpha value is -6.77. The monoisotopic (exact) mass is 766 g/mol. The van der Waals surface area contributed by atoms with Crippen LogP contribution < -0.4 is 0 Å². The van der Waals surface area contributed by atoms with E-state index < -0.39 is 34.1 Å². The first kappa shape index (κ1) is 35.9. The fourth-order valence-corrected chi connectivity index (χ4v) is 9.18. The second-order valence-electron chi connectivity index (χ2n) is 14.3. The zero-order valence-electron chi connectivity index (χ0n) is 31.2. The smallest absolute Gasteiger partial charge is 0.208 e. The van der Waals surface area contributed by atoms with Gasteiger partial charge < -0.3 is 25.5 Å². The van der Waals surface area contributed by atoms with E-state index in [9.17, 15) is 25.5 Å². The third kappa shape index (κ3) is 6.09. The standard InChI is InChI=1S/C49H38N2O5S/c1-3-12-31-25-29(30-22-24-39-37-17-8-7-15-35(37)36-16-9-10-18-38(36)40(39)26-30)21-23-34(31)32-19-11-20-33(27(32)2)47-50-48(28-13-5-4-6-14-28)57-49(51-47)41-42(52)44(54)46(56)45(55)43(41)53/h4-11,13-26,49,52-56H,3,12H2,1-2H3. The summed E-state index contributed by atoms with van der Waals surface area (Å²) >= 11 is 1.14. The number of thioether (sulfide) groups is 1. The first-order chi connectivity index (χ1) is 27.7. The Bertz CT molecular complexity index is 2910. The lowest BCUT2D eigenvalue weighted by molar-refractivity contribution is 0.324. The normalized spacial score (nSPS) is 14.2. The fourth-order valence-electron chi connectivity index (χ4n) is 8.07. The molecule has 8 aromatic rings. The number of nitrogens with zero attached hydrogens (tertiary/aromatic N) is 2. The van der Waals surface area contributed by atoms with Crippen LogP contribution in [0.2, 0.25) is 0 Å². The van der Waals surface area contributed by atoms with Gasteiger partial charge in [-0.2, -0.15) is 0 Å². The van der Waals surface area contributed by atoms with Crippen LogP contribution in [0.5, 0.6) is 28.7 Å². The minimum absolute atomic E-state index is 0.238. The number of hydrogen-bond acceptors (Lipinski definition) is 8. The number of fused-ring (bicyclic) bond motifs is 6. The molecule has 8 heteroatoms. The molecule has 1 heterocycles. The minimum Gasteiger partial charge on any atom is -0.504 e. The maximum absolute atomic E-state index is 10.9. The molecule has 0 aliphatic carbocycles. The molecule has 0 saturated heterocycles. The number of aliphatic imine (C=N–C) groups is 2. The zero-order chi connectivity index (χ0) is 39.4. The Balaban J connectivity index is 1.16. The molecule has 1 unspecified atom stereocenters. The van der Waals surface area contributed by atoms with E-state index in [0.717, 1.165) is 63.5 Å². The molecular weight excluding hydrogens is 729 g/mol. The summed E-state index contributed by atoms with van der Waals surface area (Å²) in [6.45, 7) is 4.22. The van der Waals surface area contributed by atoms with E-state index in [2.05, 4.69) is 97.9 Å². The van der Waals surface area contributed by atoms with Crippen LogP contribution in [0.15, 0.2) is 143 Å². The molecule has 57 heavy (non-hydrogen) atoms. The molecule has 7 nitrogen and oxygen atoms in total. The average Bonchev–Trinajstić information content (AvgIpc) is 3.25. The number of benzene rings is 8. The fraction of sp³-hybridized carbons (Fsp3) is 0.102. The van der Waals surface area contributed by atoms with Crippen LogP contribution in [0, 0.1) is 6.92 Å². The molecule has 9 rings (SSSR count). The van der Waals surface area contributed by atoms with Gasteiger partial charge in [-0.05, 0) is 85.1 Å². The van der Waals surface area contributed by atoms with Crippen LogP contribution in [0.4, 0.5) is 0 Å². The largest absolute Gasteiger partial charge is 0.504 e. The van der Waals surface area contributed by atoms with Crippen LogP contribution in [-0.4, -0.2) is 36.4 Å². The van der Waals surface area contributed by atoms with Crippen molar-refractivity contribution in [1.29, 1.82) is 0 Å². The highest BCUT2D eigenvalue weighted by molar-refractivity contribution is 8.14. The van der Waals surface area contributed by atoms with Gasteiger partial charge in [0.25, 0.3) is 0 Å². The summed E-state index contributed by atoms with van der Waals surface area (Å²) < 4.78 is 0. The Morgan fingerprint density at radius 3 is 1.70 bits per heavy atom. The van der Waals surface area contributed by atoms with E-state index in [0.29, 0.717) is 10.9 Å². The molecule has 0 spiro atoms. The molecule has 5 N–H and O–H groups in total. The molecule has 0 radical (unpaired) electrons. The molecule has 0 aromatic heterocycles. The highest BCUT2D eigenvalue weighted by Crippen LogP contribution is 2.56. The summed E-state index contributed by atoms with van der Waals surface area (Å²) in [6, 6.07) is 46.2. The zero-order valence-corrected chi connectivity index (χ0v) is 32.0. The van der Waals surface area contributed by atoms with Crippen molar-refractivity contribution in [2.24, 2.45) is 9.98 Å². The number of hydrogen-bond donors (Lipinski definition) is 5. The van der Waals surface area contributed by atoms with Gasteiger partial charge in [-0.3, -0.25) is 0 Å². The molecule has 1 aliphatic heterocycles. The second kappa shape index (κ2) is 14.4. The summed E-state index contributed by atoms with van der Waals surface area (Å²) in [5, 5.41) is 59.8. The number of aromatic hydroxyl groups is 5. The average molecular weight is 767 g/mol. The number of rotatable bonds is 7. The molecule has 0 saturated carbocycles. The minimum atomic E-state index is -1.03. The lowest BCUT2D eigenvalue weighted by Crippen LogP contribution is -2.14. The van der Waals surface area contributed by atoms with E-state index in [4.69, 9.17) is 9.98 Å². The van der Waals surface area contributed by atoms with E-state index >= 15 is 0 Å². The van der Waals surface area contributed by atoms with Crippen LogP contribution in [0.1, 0.15) is 46.5 Å². The summed E-state index contributed by atoms with van der Waals surface area (Å²) in [4.78, 5) is 9.86. The summed E-state index contributed by atoms with van der Waals surface area (Å²) in [5.41, 5.74) is 7.88. The van der Waals surface area contributed by atoms with Crippen molar-refractivity contribution in [1.82, 2.24) is 0 Å². The Kier molecular flexibility index (Phi) is 9.06. The van der Waals surface area contributed by atoms with E-state index in [1.54, 1.807) is 0 Å². The molecule has 1 aliphatic rings. The van der Waals surface area contributed by atoms with E-state index in [1.807, 2.05) is 49.4 Å². The van der Waals surface area contributed by atoms with Crippen molar-refractivity contribution >= 4 is 55.0 Å². The highest BCUT2D eigenvalue weighted by Gasteiger charge is 2.33. The van der Waals surface area contributed by atoms with Crippen LogP contribution in [0.3, 0.4) is 0 Å². The third-order valence-corrected chi connectivity index (χ3v) is 12.0. The van der Waals surface area contributed by atoms with Crippen molar-refractivity contribution in [2.75, 3.05) is 0 Å². The lowest BCUT2D eigenvalue weighted by Gasteiger charge is -2.24. The van der Waals surface area contributed by atoms with Gasteiger partial charge >= 0.3 is 0 Å². The first-order valence-corrected chi connectivity index (χ1v) is 19.8. The topological polar surface area (TPSA) is 126 Å². The van der Waals surface area contributed by atoms with Gasteiger partial charge in [-0.25, -0.2) is 9.98 Å². The van der Waals surface area contributed by atoms with Gasteiger partial charge in [-0.15, -0.1) is 0 Å². The molecule has 1 atom stereocenters. The van der Waals surface area contributed by atoms with Gasteiger partial charge in [-0.1, -0.05) is 153 Å². The second-order valence-corrected chi connectivity index (χ2v) is 15.4. The predicted octanol–water partition coefficient (Wildman–Crippen LogP) is 11.9. The maximum Gasteiger partial charge on any atom is 0.208 e. The van der Waals surface area contributed by atoms with E-state index in [-0.39, 0.29) is 5.56 Å². The van der Waals surface area contributed by atoms with Crippen molar-refractivity contribution < 1.29 is 25.5 Å². The van der Waals surface area contributed by atoms with E-state index in [1.165, 1.54) is 37.9 Å². The Labute approximate surface area is 333 Å². The first-order valence-electron chi connectivity index (χ1n) is 18.9. The van der Waals surface area contributed by atoms with Gasteiger partial charge in [0.2, 0.25) is 17.2 Å². The summed E-state index contributed by atoms with van der Waals surface area (Å²) in [6.07, 6.45) is 1.83. The van der Waals surface area contributed by atoms with Crippen LogP contribution in [0.25, 0.3) is 54.6 Å². The summed E-state index contributed by atoms with van der Waals surface area (Å²) in [5.74, 6) is -4.11. The number of aryl methyl sites for hydroxylation is 1. The molecule has 0 amide bonds. The summed E-state index contributed by atoms with van der Waals surface area (Å²) in [7, 11) is 0. The molecule has 280 valence electrons. The van der Waals surface area contributed by atoms with Gasteiger partial charge in [0, 0.05) is 11.1 Å². The van der Waals surface area contributed by atoms with Crippen molar-refractivity contribution in [3.63, 3.8) is 0 Å². The van der Waals surface area contributed by atoms with Gasteiger partial charge in [0.05, 0.1) is 5.56 Å². The van der Waals surface area contributed by atoms with Gasteiger partial charge in [0.1, 0.15) is 10.4 Å². The highest BCUT2D eigenvalue weighted by atomic mass is 32.2. The molecule has 0 bridgehead atoms. The Morgan fingerprint density at radius 2 is 1.05 bits per heavy atom. The van der Waals surface area contributed by atoms with Crippen LogP contribution in [-0.2, 0) is 6.42 Å². The number of phenolic OH excluding ortho intramolecular Hbond substituents is 5. The number of phenols is 5. The third-order valence-electron chi connectivity index (χ3n) is 10.9. The molecule has 8 aromatic carbocycles. The molecular formula is C49H38N2O5S. The van der Waals surface area contributed by atoms with Crippen molar-refractivity contribution in [2.45, 2.75) is 32.1 Å². The van der Waals surface area contributed by atoms with Crippen molar-refractivity contribution in [3.8, 4) is 51.0 Å². The molecule has 0 fully saturated rings. The maximum atomic E-state index is 10.9. The van der Waals surface area contributed by atoms with Gasteiger partial charge in [0.15, 0.2) is 17.3 Å².